The predicted octanol–water partition coefficient (Wildman–Crippen LogP) is 3.82. The Morgan fingerprint density at radius 2 is 1.73 bits per heavy atom. The van der Waals surface area contributed by atoms with Crippen LogP contribution in [-0.4, -0.2) is 11.0 Å². The van der Waals surface area contributed by atoms with Crippen molar-refractivity contribution in [2.24, 2.45) is 0 Å². The van der Waals surface area contributed by atoms with Crippen molar-refractivity contribution in [2.45, 2.75) is 6.10 Å². The van der Waals surface area contributed by atoms with Crippen LogP contribution in [0.5, 0.6) is 0 Å². The van der Waals surface area contributed by atoms with E-state index in [0.717, 1.165) is 11.3 Å². The van der Waals surface area contributed by atoms with E-state index < -0.39 is 6.10 Å². The van der Waals surface area contributed by atoms with E-state index in [9.17, 15) is 9.90 Å². The maximum absolute atomic E-state index is 12.3. The summed E-state index contributed by atoms with van der Waals surface area (Å²) in [6, 6.07) is 10.6. The van der Waals surface area contributed by atoms with Crippen LogP contribution < -0.4 is 10.6 Å². The lowest BCUT2D eigenvalue weighted by atomic mass is 10.0. The number of carbonyl (C=O) groups is 1. The van der Waals surface area contributed by atoms with Crippen molar-refractivity contribution >= 4 is 46.1 Å². The van der Waals surface area contributed by atoms with E-state index in [1.165, 1.54) is 0 Å². The molecule has 0 aromatic heterocycles. The summed E-state index contributed by atoms with van der Waals surface area (Å²) in [4.78, 5) is 12.3. The highest BCUT2D eigenvalue weighted by molar-refractivity contribution is 6.43. The summed E-state index contributed by atoms with van der Waals surface area (Å²) in [6.45, 7) is 0. The lowest BCUT2D eigenvalue weighted by Gasteiger charge is -2.09. The second-order valence-electron chi connectivity index (χ2n) is 5.17. The zero-order chi connectivity index (χ0) is 15.4. The molecule has 2 aromatic rings. The van der Waals surface area contributed by atoms with Gasteiger partial charge in [-0.25, -0.2) is 0 Å². The molecule has 0 saturated carbocycles. The van der Waals surface area contributed by atoms with Gasteiger partial charge in [-0.3, -0.25) is 4.79 Å². The van der Waals surface area contributed by atoms with E-state index >= 15 is 0 Å². The zero-order valence-corrected chi connectivity index (χ0v) is 12.7. The third-order valence-electron chi connectivity index (χ3n) is 3.87. The highest BCUT2D eigenvalue weighted by Gasteiger charge is 2.35. The molecular formula is C16H10Cl2N2O2. The third-order valence-corrected chi connectivity index (χ3v) is 4.59. The number of carbonyl (C=O) groups excluding carboxylic acids is 1. The molecule has 2 aliphatic rings. The molecule has 2 aromatic carbocycles. The quantitative estimate of drug-likeness (QED) is 0.643. The summed E-state index contributed by atoms with van der Waals surface area (Å²) in [7, 11) is 0. The third kappa shape index (κ3) is 1.85. The maximum Gasteiger partial charge on any atom is 0.258 e. The van der Waals surface area contributed by atoms with Gasteiger partial charge in [0.15, 0.2) is 0 Å². The Balaban J connectivity index is 1.92. The topological polar surface area (TPSA) is 61.4 Å². The van der Waals surface area contributed by atoms with Gasteiger partial charge in [0.05, 0.1) is 27.0 Å². The van der Waals surface area contributed by atoms with Crippen LogP contribution in [0.1, 0.15) is 17.2 Å². The standard InChI is InChI=1S/C16H10Cl2N2O2/c17-9-5-8-12(6-10(9)18)20-16(22)13(8)14-15(21)7-3-1-2-4-11(7)19-14/h1-6,15,19,21H,(H,20,22)/b14-13-. The van der Waals surface area contributed by atoms with Crippen molar-refractivity contribution in [3.8, 4) is 0 Å². The highest BCUT2D eigenvalue weighted by atomic mass is 35.5. The Morgan fingerprint density at radius 1 is 1.00 bits per heavy atom. The monoisotopic (exact) mass is 332 g/mol. The summed E-state index contributed by atoms with van der Waals surface area (Å²) in [5, 5.41) is 17.1. The molecule has 4 rings (SSSR count). The van der Waals surface area contributed by atoms with Crippen molar-refractivity contribution < 1.29 is 9.90 Å². The van der Waals surface area contributed by atoms with Crippen molar-refractivity contribution in [1.29, 1.82) is 0 Å². The predicted molar refractivity (Wildman–Crippen MR) is 87.0 cm³/mol. The van der Waals surface area contributed by atoms with Crippen LogP contribution in [0.3, 0.4) is 0 Å². The molecule has 22 heavy (non-hydrogen) atoms. The number of fused-ring (bicyclic) bond motifs is 2. The number of hydrogen-bond acceptors (Lipinski definition) is 3. The van der Waals surface area contributed by atoms with Gasteiger partial charge in [0.25, 0.3) is 5.91 Å². The SMILES string of the molecule is O=C1Nc2cc(Cl)c(Cl)cc2/C1=C1/Nc2ccccc2C1O. The fraction of sp³-hybridized carbons (Fsp3) is 0.0625. The minimum absolute atomic E-state index is 0.289. The number of aliphatic hydroxyl groups excluding tert-OH is 1. The fourth-order valence-electron chi connectivity index (χ4n) is 2.85. The van der Waals surface area contributed by atoms with Crippen molar-refractivity contribution in [3.05, 3.63) is 63.3 Å². The summed E-state index contributed by atoms with van der Waals surface area (Å²) in [5.41, 5.74) is 3.60. The van der Waals surface area contributed by atoms with Gasteiger partial charge in [-0.15, -0.1) is 0 Å². The van der Waals surface area contributed by atoms with Crippen LogP contribution >= 0.6 is 23.2 Å². The van der Waals surface area contributed by atoms with Gasteiger partial charge in [0.2, 0.25) is 0 Å². The van der Waals surface area contributed by atoms with Gasteiger partial charge in [-0.05, 0) is 18.2 Å². The molecule has 4 nitrogen and oxygen atoms in total. The molecule has 6 heteroatoms. The number of rotatable bonds is 0. The van der Waals surface area contributed by atoms with E-state index in [0.29, 0.717) is 32.6 Å². The number of halogens is 2. The van der Waals surface area contributed by atoms with Crippen LogP contribution in [-0.2, 0) is 4.79 Å². The Morgan fingerprint density at radius 3 is 2.50 bits per heavy atom. The molecule has 0 fully saturated rings. The normalized spacial score (nSPS) is 22.1. The molecule has 2 heterocycles. The van der Waals surface area contributed by atoms with Gasteiger partial charge in [-0.1, -0.05) is 41.4 Å². The number of para-hydroxylation sites is 1. The summed E-state index contributed by atoms with van der Waals surface area (Å²) < 4.78 is 0. The molecular weight excluding hydrogens is 323 g/mol. The first kappa shape index (κ1) is 13.6. The van der Waals surface area contributed by atoms with Gasteiger partial charge >= 0.3 is 0 Å². The summed E-state index contributed by atoms with van der Waals surface area (Å²) in [6.07, 6.45) is -0.877. The van der Waals surface area contributed by atoms with Crippen molar-refractivity contribution in [2.75, 3.05) is 10.6 Å². The molecule has 0 radical (unpaired) electrons. The average molecular weight is 333 g/mol. The van der Waals surface area contributed by atoms with Gasteiger partial charge in [0.1, 0.15) is 6.10 Å². The number of hydrogen-bond donors (Lipinski definition) is 3. The van der Waals surface area contributed by atoms with Crippen LogP contribution in [0, 0.1) is 0 Å². The smallest absolute Gasteiger partial charge is 0.258 e. The minimum Gasteiger partial charge on any atom is -0.382 e. The molecule has 0 saturated heterocycles. The van der Waals surface area contributed by atoms with E-state index in [4.69, 9.17) is 23.2 Å². The van der Waals surface area contributed by atoms with Crippen LogP contribution in [0.15, 0.2) is 42.1 Å². The molecule has 1 atom stereocenters. The number of amides is 1. The number of benzene rings is 2. The molecule has 0 bridgehead atoms. The first-order chi connectivity index (χ1) is 10.6. The fourth-order valence-corrected chi connectivity index (χ4v) is 3.18. The van der Waals surface area contributed by atoms with Crippen LogP contribution in [0.4, 0.5) is 11.4 Å². The first-order valence-electron chi connectivity index (χ1n) is 6.65. The minimum atomic E-state index is -0.877. The number of aliphatic hydroxyl groups is 1. The second-order valence-corrected chi connectivity index (χ2v) is 5.98. The Labute approximate surface area is 136 Å². The Bertz CT molecular complexity index is 861. The first-order valence-corrected chi connectivity index (χ1v) is 7.41. The van der Waals surface area contributed by atoms with E-state index in [1.54, 1.807) is 12.1 Å². The van der Waals surface area contributed by atoms with Gasteiger partial charge < -0.3 is 15.7 Å². The lowest BCUT2D eigenvalue weighted by molar-refractivity contribution is -0.110. The molecule has 110 valence electrons. The van der Waals surface area contributed by atoms with E-state index in [1.807, 2.05) is 24.3 Å². The Hall–Kier alpha value is -2.01. The number of nitrogens with one attached hydrogen (secondary N) is 2. The largest absolute Gasteiger partial charge is 0.382 e. The summed E-state index contributed by atoms with van der Waals surface area (Å²) >= 11 is 12.0. The molecule has 0 aliphatic carbocycles. The summed E-state index contributed by atoms with van der Waals surface area (Å²) in [5.74, 6) is -0.289. The highest BCUT2D eigenvalue weighted by Crippen LogP contribution is 2.45. The molecule has 1 unspecified atom stereocenters. The molecule has 1 amide bonds. The van der Waals surface area contributed by atoms with Crippen molar-refractivity contribution in [3.63, 3.8) is 0 Å². The lowest BCUT2D eigenvalue weighted by Crippen LogP contribution is -2.10. The molecule has 2 aliphatic heterocycles. The van der Waals surface area contributed by atoms with E-state index in [-0.39, 0.29) is 5.91 Å². The molecule has 0 spiro atoms. The van der Waals surface area contributed by atoms with Crippen LogP contribution in [0.2, 0.25) is 10.0 Å². The van der Waals surface area contributed by atoms with Gasteiger partial charge in [-0.2, -0.15) is 0 Å². The Kier molecular flexibility index (Phi) is 2.94. The average Bonchev–Trinajstić information content (AvgIpc) is 2.97. The van der Waals surface area contributed by atoms with E-state index in [2.05, 4.69) is 10.6 Å². The van der Waals surface area contributed by atoms with Crippen LogP contribution in [0.25, 0.3) is 5.57 Å². The second kappa shape index (κ2) is 4.74. The number of anilines is 2. The maximum atomic E-state index is 12.3. The molecule has 3 N–H and O–H groups in total. The zero-order valence-electron chi connectivity index (χ0n) is 11.2. The van der Waals surface area contributed by atoms with Gasteiger partial charge in [0, 0.05) is 16.8 Å². The van der Waals surface area contributed by atoms with Crippen molar-refractivity contribution in [1.82, 2.24) is 0 Å².